The number of carbonyl (C=O) groups is 2. The van der Waals surface area contributed by atoms with Gasteiger partial charge < -0.3 is 20.2 Å². The molecule has 2 aromatic carbocycles. The summed E-state index contributed by atoms with van der Waals surface area (Å²) in [5, 5.41) is 33.2. The van der Waals surface area contributed by atoms with Crippen LogP contribution in [-0.4, -0.2) is 47.2 Å². The second-order valence-electron chi connectivity index (χ2n) is 7.38. The van der Waals surface area contributed by atoms with Gasteiger partial charge in [-0.2, -0.15) is 26.3 Å². The van der Waals surface area contributed by atoms with E-state index in [1.165, 1.54) is 12.1 Å². The molecule has 0 saturated heterocycles. The standard InChI is InChI=1S/C22H15F6NO5/c1-10-2-4-12(14(30)6-10)16-18(32)17(20(34)19(16)33)13-5-3-11(7-15(13)31)29(8-21(23,24)25)9-22(26,27)28/h2-7,30-32H,1,8-9H2/p-1/b16-12-. The normalized spacial score (nSPS) is 16.4. The Labute approximate surface area is 187 Å². The topological polar surface area (TPSA) is 101 Å². The van der Waals surface area contributed by atoms with Crippen molar-refractivity contribution in [1.82, 2.24) is 0 Å². The first-order valence-corrected chi connectivity index (χ1v) is 9.34. The first-order valence-electron chi connectivity index (χ1n) is 9.34. The van der Waals surface area contributed by atoms with E-state index in [0.29, 0.717) is 11.3 Å². The lowest BCUT2D eigenvalue weighted by Crippen LogP contribution is -2.40. The summed E-state index contributed by atoms with van der Waals surface area (Å²) in [4.78, 5) is 24.8. The summed E-state index contributed by atoms with van der Waals surface area (Å²) in [5.74, 6) is -5.34. The van der Waals surface area contributed by atoms with Crippen molar-refractivity contribution in [2.45, 2.75) is 12.4 Å². The molecule has 1 aliphatic rings. The number of phenolic OH excluding ortho intramolecular Hbond substituents is 2. The molecule has 1 aliphatic carbocycles. The minimum Gasteiger partial charge on any atom is -0.871 e. The largest absolute Gasteiger partial charge is 0.871 e. The number of aromatic hydroxyl groups is 2. The molecule has 6 nitrogen and oxygen atoms in total. The van der Waals surface area contributed by atoms with Crippen LogP contribution in [0.15, 0.2) is 42.2 Å². The van der Waals surface area contributed by atoms with Gasteiger partial charge in [0.1, 0.15) is 24.6 Å². The van der Waals surface area contributed by atoms with Crippen molar-refractivity contribution >= 4 is 35.0 Å². The zero-order valence-electron chi connectivity index (χ0n) is 16.9. The molecule has 0 aromatic heterocycles. The maximum atomic E-state index is 12.8. The Bertz CT molecular complexity index is 1310. The van der Waals surface area contributed by atoms with E-state index in [4.69, 9.17) is 0 Å². The number of benzene rings is 2. The molecule has 2 aromatic rings. The highest BCUT2D eigenvalue weighted by Crippen LogP contribution is 2.38. The minimum absolute atomic E-state index is 0.0897. The van der Waals surface area contributed by atoms with E-state index in [0.717, 1.165) is 18.2 Å². The fraction of sp³-hybridized carbons (Fsp3) is 0.182. The maximum Gasteiger partial charge on any atom is 0.405 e. The molecule has 0 saturated carbocycles. The van der Waals surface area contributed by atoms with Crippen molar-refractivity contribution < 1.29 is 51.3 Å². The van der Waals surface area contributed by atoms with Crippen LogP contribution in [0, 0.1) is 0 Å². The summed E-state index contributed by atoms with van der Waals surface area (Å²) >= 11 is 0. The van der Waals surface area contributed by atoms with Crippen LogP contribution in [0.3, 0.4) is 0 Å². The Hall–Kier alpha value is -3.96. The second-order valence-corrected chi connectivity index (χ2v) is 7.38. The molecule has 0 fully saturated rings. The molecular weight excluding hydrogens is 472 g/mol. The molecule has 180 valence electrons. The Balaban J connectivity index is 2.13. The summed E-state index contributed by atoms with van der Waals surface area (Å²) in [6.45, 7) is -0.423. The van der Waals surface area contributed by atoms with Gasteiger partial charge in [0, 0.05) is 33.7 Å². The monoisotopic (exact) mass is 486 g/mol. The number of halogens is 6. The highest BCUT2D eigenvalue weighted by atomic mass is 19.4. The van der Waals surface area contributed by atoms with Crippen LogP contribution in [0.5, 0.6) is 11.5 Å². The van der Waals surface area contributed by atoms with E-state index in [9.17, 15) is 51.3 Å². The lowest BCUT2D eigenvalue weighted by molar-refractivity contribution is -0.290. The van der Waals surface area contributed by atoms with Crippen LogP contribution in [0.4, 0.5) is 32.0 Å². The van der Waals surface area contributed by atoms with E-state index in [2.05, 4.69) is 6.58 Å². The molecule has 0 aliphatic heterocycles. The van der Waals surface area contributed by atoms with Gasteiger partial charge in [-0.05, 0) is 29.5 Å². The van der Waals surface area contributed by atoms with Gasteiger partial charge in [0.25, 0.3) is 0 Å². The molecular formula is C22H14F6NO5-. The number of phenols is 2. The van der Waals surface area contributed by atoms with E-state index in [1.807, 2.05) is 0 Å². The maximum absolute atomic E-state index is 12.8. The van der Waals surface area contributed by atoms with Crippen molar-refractivity contribution in [2.24, 2.45) is 0 Å². The van der Waals surface area contributed by atoms with Crippen LogP contribution in [0.1, 0.15) is 5.56 Å². The molecule has 34 heavy (non-hydrogen) atoms. The number of rotatable bonds is 4. The summed E-state index contributed by atoms with van der Waals surface area (Å²) in [6.07, 6.45) is -10.0. The van der Waals surface area contributed by atoms with E-state index < -0.39 is 76.7 Å². The van der Waals surface area contributed by atoms with Crippen LogP contribution < -0.4 is 20.4 Å². The average molecular weight is 486 g/mol. The molecule has 0 radical (unpaired) electrons. The number of ketones is 2. The smallest absolute Gasteiger partial charge is 0.405 e. The van der Waals surface area contributed by atoms with Crippen LogP contribution in [0.25, 0.3) is 17.7 Å². The predicted molar refractivity (Wildman–Crippen MR) is 106 cm³/mol. The summed E-state index contributed by atoms with van der Waals surface area (Å²) in [5.41, 5.74) is -2.78. The summed E-state index contributed by atoms with van der Waals surface area (Å²) < 4.78 is 76.6. The molecule has 12 heteroatoms. The van der Waals surface area contributed by atoms with Crippen molar-refractivity contribution in [3.05, 3.63) is 58.2 Å². The van der Waals surface area contributed by atoms with Crippen molar-refractivity contribution in [3.63, 3.8) is 0 Å². The number of hydrogen-bond acceptors (Lipinski definition) is 6. The van der Waals surface area contributed by atoms with Crippen molar-refractivity contribution in [1.29, 1.82) is 0 Å². The van der Waals surface area contributed by atoms with Crippen LogP contribution in [0.2, 0.25) is 0 Å². The summed E-state index contributed by atoms with van der Waals surface area (Å²) in [7, 11) is 0. The Morgan fingerprint density at radius 2 is 1.38 bits per heavy atom. The molecule has 0 atom stereocenters. The molecule has 0 unspecified atom stereocenters. The third-order valence-corrected chi connectivity index (χ3v) is 4.80. The lowest BCUT2D eigenvalue weighted by Gasteiger charge is -2.27. The van der Waals surface area contributed by atoms with Gasteiger partial charge in [-0.3, -0.25) is 9.59 Å². The fourth-order valence-corrected chi connectivity index (χ4v) is 3.44. The van der Waals surface area contributed by atoms with E-state index in [1.54, 1.807) is 0 Å². The third-order valence-electron chi connectivity index (χ3n) is 4.80. The summed E-state index contributed by atoms with van der Waals surface area (Å²) in [6, 6.07) is 5.70. The predicted octanol–water partition coefficient (Wildman–Crippen LogP) is 1.51. The molecule has 0 bridgehead atoms. The lowest BCUT2D eigenvalue weighted by atomic mass is 10.0. The second kappa shape index (κ2) is 8.43. The SMILES string of the molecule is C=c1cc/c(=C2/C(=O)C(=O)C(c3ccc(N(CC(F)(F)F)CC(F)(F)F)cc3O)=C2[O-])c(O)c1. The van der Waals surface area contributed by atoms with Gasteiger partial charge in [0.05, 0.1) is 0 Å². The highest BCUT2D eigenvalue weighted by Gasteiger charge is 2.38. The number of anilines is 1. The van der Waals surface area contributed by atoms with Crippen molar-refractivity contribution in [3.8, 4) is 11.5 Å². The fourth-order valence-electron chi connectivity index (χ4n) is 3.44. The van der Waals surface area contributed by atoms with Gasteiger partial charge >= 0.3 is 12.4 Å². The molecule has 0 spiro atoms. The molecule has 3 rings (SSSR count). The average Bonchev–Trinajstić information content (AvgIpc) is 2.89. The number of allylic oxidation sites excluding steroid dienone is 2. The Morgan fingerprint density at radius 1 is 0.824 bits per heavy atom. The van der Waals surface area contributed by atoms with Gasteiger partial charge in [-0.1, -0.05) is 18.4 Å². The van der Waals surface area contributed by atoms with Gasteiger partial charge in [0.2, 0.25) is 11.6 Å². The van der Waals surface area contributed by atoms with E-state index in [-0.39, 0.29) is 10.1 Å². The van der Waals surface area contributed by atoms with Crippen molar-refractivity contribution in [2.75, 3.05) is 18.0 Å². The number of Topliss-reactive ketones (excluding diaryl/α,β-unsaturated/α-hetero) is 2. The van der Waals surface area contributed by atoms with Crippen LogP contribution in [-0.2, 0) is 9.59 Å². The third kappa shape index (κ3) is 5.00. The zero-order chi connectivity index (χ0) is 25.6. The molecule has 0 amide bonds. The van der Waals surface area contributed by atoms with Gasteiger partial charge in [-0.25, -0.2) is 0 Å². The zero-order valence-corrected chi connectivity index (χ0v) is 16.9. The van der Waals surface area contributed by atoms with Gasteiger partial charge in [-0.15, -0.1) is 0 Å². The number of carbonyl (C=O) groups excluding carboxylic acids is 2. The first-order chi connectivity index (χ1) is 15.6. The molecule has 0 heterocycles. The Morgan fingerprint density at radius 3 is 1.88 bits per heavy atom. The number of alkyl halides is 6. The van der Waals surface area contributed by atoms with E-state index >= 15 is 0 Å². The van der Waals surface area contributed by atoms with Gasteiger partial charge in [0.15, 0.2) is 0 Å². The number of hydrogen-bond donors (Lipinski definition) is 2. The Kier molecular flexibility index (Phi) is 6.12. The highest BCUT2D eigenvalue weighted by molar-refractivity contribution is 6.70. The first kappa shape index (κ1) is 24.7. The minimum atomic E-state index is -5.01. The molecule has 2 N–H and O–H groups in total. The number of nitrogens with zero attached hydrogens (tertiary/aromatic N) is 1. The quantitative estimate of drug-likeness (QED) is 0.502. The van der Waals surface area contributed by atoms with Crippen LogP contribution >= 0.6 is 0 Å².